The van der Waals surface area contributed by atoms with Gasteiger partial charge in [-0.15, -0.1) is 0 Å². The Bertz CT molecular complexity index is 501. The SMILES string of the molecule is CN(C)CCN1CCN(Cc2cc(F)ccc2C#N)CC1. The molecular weight excluding hydrogens is 267 g/mol. The fraction of sp³-hybridized carbons (Fsp3) is 0.562. The van der Waals surface area contributed by atoms with Gasteiger partial charge in [0.25, 0.3) is 0 Å². The lowest BCUT2D eigenvalue weighted by molar-refractivity contribution is 0.120. The van der Waals surface area contributed by atoms with Gasteiger partial charge in [-0.1, -0.05) is 0 Å². The molecule has 21 heavy (non-hydrogen) atoms. The molecule has 0 saturated carbocycles. The third-order valence-corrected chi connectivity index (χ3v) is 3.91. The highest BCUT2D eigenvalue weighted by Crippen LogP contribution is 2.14. The van der Waals surface area contributed by atoms with E-state index < -0.39 is 0 Å². The summed E-state index contributed by atoms with van der Waals surface area (Å²) in [5.41, 5.74) is 1.37. The van der Waals surface area contributed by atoms with Gasteiger partial charge in [0.15, 0.2) is 0 Å². The van der Waals surface area contributed by atoms with Crippen molar-refractivity contribution in [3.8, 4) is 6.07 Å². The van der Waals surface area contributed by atoms with Gasteiger partial charge in [0, 0.05) is 45.8 Å². The van der Waals surface area contributed by atoms with Crippen LogP contribution in [0, 0.1) is 17.1 Å². The third kappa shape index (κ3) is 4.78. The molecule has 0 unspecified atom stereocenters. The molecule has 0 radical (unpaired) electrons. The average molecular weight is 290 g/mol. The number of benzene rings is 1. The van der Waals surface area contributed by atoms with Gasteiger partial charge in [0.05, 0.1) is 11.6 Å². The summed E-state index contributed by atoms with van der Waals surface area (Å²) in [5, 5.41) is 9.10. The Morgan fingerprint density at radius 3 is 2.48 bits per heavy atom. The molecule has 2 rings (SSSR count). The van der Waals surface area contributed by atoms with E-state index in [0.29, 0.717) is 12.1 Å². The summed E-state index contributed by atoms with van der Waals surface area (Å²) in [6, 6.07) is 6.54. The lowest BCUT2D eigenvalue weighted by Crippen LogP contribution is -2.47. The second-order valence-electron chi connectivity index (χ2n) is 5.83. The zero-order chi connectivity index (χ0) is 15.2. The maximum absolute atomic E-state index is 13.3. The van der Waals surface area contributed by atoms with E-state index in [0.717, 1.165) is 44.8 Å². The van der Waals surface area contributed by atoms with Gasteiger partial charge < -0.3 is 4.90 Å². The van der Waals surface area contributed by atoms with Crippen LogP contribution in [0.25, 0.3) is 0 Å². The van der Waals surface area contributed by atoms with Crippen LogP contribution in [0.15, 0.2) is 18.2 Å². The van der Waals surface area contributed by atoms with Gasteiger partial charge in [0.1, 0.15) is 5.82 Å². The van der Waals surface area contributed by atoms with Gasteiger partial charge in [-0.2, -0.15) is 5.26 Å². The number of nitrogens with zero attached hydrogens (tertiary/aromatic N) is 4. The van der Waals surface area contributed by atoms with Crippen LogP contribution in [0.1, 0.15) is 11.1 Å². The molecule has 0 spiro atoms. The number of nitriles is 1. The predicted molar refractivity (Wildman–Crippen MR) is 81.4 cm³/mol. The van der Waals surface area contributed by atoms with Gasteiger partial charge in [-0.3, -0.25) is 9.80 Å². The van der Waals surface area contributed by atoms with Crippen molar-refractivity contribution in [3.63, 3.8) is 0 Å². The molecule has 1 aromatic carbocycles. The number of rotatable bonds is 5. The Hall–Kier alpha value is -1.48. The van der Waals surface area contributed by atoms with E-state index in [1.807, 2.05) is 0 Å². The third-order valence-electron chi connectivity index (χ3n) is 3.91. The Labute approximate surface area is 126 Å². The number of likely N-dealkylation sites (N-methyl/N-ethyl adjacent to an activating group) is 1. The molecule has 1 saturated heterocycles. The summed E-state index contributed by atoms with van der Waals surface area (Å²) >= 11 is 0. The van der Waals surface area contributed by atoms with E-state index in [4.69, 9.17) is 5.26 Å². The van der Waals surface area contributed by atoms with Crippen LogP contribution in [0.2, 0.25) is 0 Å². The van der Waals surface area contributed by atoms with Gasteiger partial charge in [0.2, 0.25) is 0 Å². The monoisotopic (exact) mass is 290 g/mol. The molecule has 1 heterocycles. The molecule has 4 nitrogen and oxygen atoms in total. The lowest BCUT2D eigenvalue weighted by Gasteiger charge is -2.35. The molecule has 1 aliphatic rings. The van der Waals surface area contributed by atoms with E-state index in [9.17, 15) is 4.39 Å². The second-order valence-corrected chi connectivity index (χ2v) is 5.83. The van der Waals surface area contributed by atoms with Crippen molar-refractivity contribution in [3.05, 3.63) is 35.1 Å². The molecule has 0 atom stereocenters. The Morgan fingerprint density at radius 2 is 1.86 bits per heavy atom. The maximum atomic E-state index is 13.3. The first-order chi connectivity index (χ1) is 10.1. The first-order valence-corrected chi connectivity index (χ1v) is 7.36. The summed E-state index contributed by atoms with van der Waals surface area (Å²) in [6.45, 7) is 6.81. The number of hydrogen-bond donors (Lipinski definition) is 0. The van der Waals surface area contributed by atoms with E-state index in [1.165, 1.54) is 12.1 Å². The molecule has 0 aliphatic carbocycles. The number of hydrogen-bond acceptors (Lipinski definition) is 4. The van der Waals surface area contributed by atoms with Crippen LogP contribution in [-0.2, 0) is 6.54 Å². The van der Waals surface area contributed by atoms with Crippen LogP contribution in [-0.4, -0.2) is 68.1 Å². The Kier molecular flexibility index (Phi) is 5.68. The molecule has 0 amide bonds. The summed E-state index contributed by atoms with van der Waals surface area (Å²) < 4.78 is 13.3. The molecule has 1 aliphatic heterocycles. The van der Waals surface area contributed by atoms with E-state index in [2.05, 4.69) is 34.9 Å². The molecule has 114 valence electrons. The minimum atomic E-state index is -0.270. The van der Waals surface area contributed by atoms with Crippen LogP contribution >= 0.6 is 0 Å². The molecule has 1 aromatic rings. The van der Waals surface area contributed by atoms with Crippen molar-refractivity contribution in [1.29, 1.82) is 5.26 Å². The van der Waals surface area contributed by atoms with E-state index in [1.54, 1.807) is 6.07 Å². The first kappa shape index (κ1) is 15.9. The summed E-state index contributed by atoms with van der Waals surface area (Å²) in [6.07, 6.45) is 0. The van der Waals surface area contributed by atoms with Crippen molar-refractivity contribution in [2.45, 2.75) is 6.54 Å². The molecule has 1 fully saturated rings. The lowest BCUT2D eigenvalue weighted by atomic mass is 10.1. The Morgan fingerprint density at radius 1 is 1.19 bits per heavy atom. The topological polar surface area (TPSA) is 33.5 Å². The van der Waals surface area contributed by atoms with Gasteiger partial charge >= 0.3 is 0 Å². The quantitative estimate of drug-likeness (QED) is 0.820. The minimum absolute atomic E-state index is 0.270. The molecular formula is C16H23FN4. The molecule has 0 aromatic heterocycles. The first-order valence-electron chi connectivity index (χ1n) is 7.36. The van der Waals surface area contributed by atoms with Gasteiger partial charge in [-0.25, -0.2) is 4.39 Å². The fourth-order valence-electron chi connectivity index (χ4n) is 2.56. The average Bonchev–Trinajstić information content (AvgIpc) is 2.47. The van der Waals surface area contributed by atoms with Crippen LogP contribution in [0.4, 0.5) is 4.39 Å². The fourth-order valence-corrected chi connectivity index (χ4v) is 2.56. The van der Waals surface area contributed by atoms with Crippen LogP contribution in [0.5, 0.6) is 0 Å². The van der Waals surface area contributed by atoms with Crippen LogP contribution < -0.4 is 0 Å². The highest BCUT2D eigenvalue weighted by molar-refractivity contribution is 5.37. The molecule has 0 N–H and O–H groups in total. The number of piperazine rings is 1. The number of halogens is 1. The Balaban J connectivity index is 1.86. The summed E-state index contributed by atoms with van der Waals surface area (Å²) in [7, 11) is 4.17. The van der Waals surface area contributed by atoms with E-state index >= 15 is 0 Å². The zero-order valence-corrected chi connectivity index (χ0v) is 12.8. The molecule has 0 bridgehead atoms. The van der Waals surface area contributed by atoms with E-state index in [-0.39, 0.29) is 5.82 Å². The largest absolute Gasteiger partial charge is 0.308 e. The zero-order valence-electron chi connectivity index (χ0n) is 12.8. The van der Waals surface area contributed by atoms with Crippen molar-refractivity contribution in [2.75, 3.05) is 53.4 Å². The summed E-state index contributed by atoms with van der Waals surface area (Å²) in [5.74, 6) is -0.270. The summed E-state index contributed by atoms with van der Waals surface area (Å²) in [4.78, 5) is 6.94. The van der Waals surface area contributed by atoms with Crippen molar-refractivity contribution >= 4 is 0 Å². The molecule has 5 heteroatoms. The van der Waals surface area contributed by atoms with Gasteiger partial charge in [-0.05, 0) is 37.9 Å². The van der Waals surface area contributed by atoms with Crippen molar-refractivity contribution < 1.29 is 4.39 Å². The second kappa shape index (κ2) is 7.51. The smallest absolute Gasteiger partial charge is 0.123 e. The standard InChI is InChI=1S/C16H23FN4/c1-19(2)5-6-20-7-9-21(10-8-20)13-15-11-16(17)4-3-14(15)12-18/h3-4,11H,5-10,13H2,1-2H3. The van der Waals surface area contributed by atoms with Crippen molar-refractivity contribution in [2.24, 2.45) is 0 Å². The predicted octanol–water partition coefficient (Wildman–Crippen LogP) is 1.38. The van der Waals surface area contributed by atoms with Crippen LogP contribution in [0.3, 0.4) is 0 Å². The minimum Gasteiger partial charge on any atom is -0.308 e. The highest BCUT2D eigenvalue weighted by atomic mass is 19.1. The highest BCUT2D eigenvalue weighted by Gasteiger charge is 2.18. The van der Waals surface area contributed by atoms with Crippen molar-refractivity contribution in [1.82, 2.24) is 14.7 Å². The maximum Gasteiger partial charge on any atom is 0.123 e. The normalized spacial score (nSPS) is 17.1.